The molecule has 0 saturated carbocycles. The zero-order valence-corrected chi connectivity index (χ0v) is 12.3. The molecule has 1 rings (SSSR count). The Morgan fingerprint density at radius 2 is 2.06 bits per heavy atom. The Labute approximate surface area is 118 Å². The third-order valence-electron chi connectivity index (χ3n) is 2.56. The molecule has 3 nitrogen and oxygen atoms in total. The van der Waals surface area contributed by atoms with Crippen LogP contribution in [-0.4, -0.2) is 35.1 Å². The van der Waals surface area contributed by atoms with Crippen molar-refractivity contribution in [2.45, 2.75) is 11.8 Å². The predicted octanol–water partition coefficient (Wildman–Crippen LogP) is 2.16. The maximum atomic E-state index is 11.9. The second kappa shape index (κ2) is 7.38. The number of thioether (sulfide) groups is 1. The van der Waals surface area contributed by atoms with Gasteiger partial charge in [-0.15, -0.1) is 11.8 Å². The fraction of sp³-hybridized carbons (Fsp3) is 0.385. The minimum Gasteiger partial charge on any atom is -0.393 e. The Hall–Kier alpha value is -1.07. The van der Waals surface area contributed by atoms with E-state index in [9.17, 15) is 4.79 Å². The van der Waals surface area contributed by atoms with Gasteiger partial charge < -0.3 is 10.6 Å². The molecule has 0 fully saturated rings. The fourth-order valence-corrected chi connectivity index (χ4v) is 2.31. The molecular weight excluding hydrogens is 264 g/mol. The summed E-state index contributed by atoms with van der Waals surface area (Å²) in [6.45, 7) is 2.50. The lowest BCUT2D eigenvalue weighted by atomic mass is 10.2. The summed E-state index contributed by atoms with van der Waals surface area (Å²) in [5.74, 6) is 0.576. The van der Waals surface area contributed by atoms with E-state index < -0.39 is 0 Å². The van der Waals surface area contributed by atoms with Crippen LogP contribution in [0.2, 0.25) is 0 Å². The van der Waals surface area contributed by atoms with E-state index in [1.165, 1.54) is 11.8 Å². The average molecular weight is 282 g/mol. The Balaban J connectivity index is 2.39. The van der Waals surface area contributed by atoms with Crippen molar-refractivity contribution in [3.63, 3.8) is 0 Å². The van der Waals surface area contributed by atoms with Crippen molar-refractivity contribution in [3.05, 3.63) is 30.3 Å². The van der Waals surface area contributed by atoms with Gasteiger partial charge in [-0.1, -0.05) is 37.3 Å². The van der Waals surface area contributed by atoms with Crippen LogP contribution >= 0.6 is 24.0 Å². The lowest BCUT2D eigenvalue weighted by Gasteiger charge is -2.20. The number of nitrogens with two attached hydrogens (primary N) is 1. The summed E-state index contributed by atoms with van der Waals surface area (Å²) >= 11 is 6.44. The lowest BCUT2D eigenvalue weighted by molar-refractivity contribution is -0.127. The highest BCUT2D eigenvalue weighted by Gasteiger charge is 2.14. The molecule has 1 aromatic carbocycles. The molecule has 0 aliphatic carbocycles. The monoisotopic (exact) mass is 282 g/mol. The molecule has 0 aliphatic rings. The maximum absolute atomic E-state index is 11.9. The quantitative estimate of drug-likeness (QED) is 0.641. The molecular formula is C13H18N2OS2. The average Bonchev–Trinajstić information content (AvgIpc) is 2.36. The molecule has 0 spiro atoms. The molecule has 2 N–H and O–H groups in total. The summed E-state index contributed by atoms with van der Waals surface area (Å²) in [5.41, 5.74) is 5.54. The number of carbonyl (C=O) groups excluding carboxylic acids is 1. The smallest absolute Gasteiger partial charge is 0.232 e. The van der Waals surface area contributed by atoms with Crippen LogP contribution in [0.5, 0.6) is 0 Å². The summed E-state index contributed by atoms with van der Waals surface area (Å²) in [4.78, 5) is 15.1. The number of rotatable bonds is 6. The van der Waals surface area contributed by atoms with Crippen LogP contribution in [0.4, 0.5) is 0 Å². The minimum atomic E-state index is 0.0516. The highest BCUT2D eigenvalue weighted by molar-refractivity contribution is 8.00. The molecule has 1 aromatic rings. The van der Waals surface area contributed by atoms with E-state index in [1.807, 2.05) is 37.3 Å². The number of thiocarbonyl (C=S) groups is 1. The molecule has 1 amide bonds. The summed E-state index contributed by atoms with van der Waals surface area (Å²) in [6, 6.07) is 9.88. The van der Waals surface area contributed by atoms with Crippen LogP contribution in [-0.2, 0) is 4.79 Å². The van der Waals surface area contributed by atoms with E-state index in [0.29, 0.717) is 17.3 Å². The van der Waals surface area contributed by atoms with E-state index in [0.717, 1.165) is 4.90 Å². The van der Waals surface area contributed by atoms with Crippen molar-refractivity contribution in [1.82, 2.24) is 4.90 Å². The topological polar surface area (TPSA) is 46.3 Å². The van der Waals surface area contributed by atoms with Crippen LogP contribution in [0.3, 0.4) is 0 Å². The summed E-state index contributed by atoms with van der Waals surface area (Å²) in [6.07, 6.45) is 0. The zero-order valence-electron chi connectivity index (χ0n) is 10.6. The van der Waals surface area contributed by atoms with Gasteiger partial charge in [0, 0.05) is 24.4 Å². The van der Waals surface area contributed by atoms with Crippen molar-refractivity contribution >= 4 is 34.9 Å². The van der Waals surface area contributed by atoms with Gasteiger partial charge in [-0.3, -0.25) is 4.79 Å². The Bertz CT molecular complexity index is 409. The van der Waals surface area contributed by atoms with Crippen molar-refractivity contribution in [3.8, 4) is 0 Å². The summed E-state index contributed by atoms with van der Waals surface area (Å²) < 4.78 is 0. The second-order valence-corrected chi connectivity index (χ2v) is 5.70. The zero-order chi connectivity index (χ0) is 13.5. The SMILES string of the molecule is CC(CN(C)C(=O)CSc1ccccc1)C(N)=S. The number of hydrogen-bond acceptors (Lipinski definition) is 3. The van der Waals surface area contributed by atoms with Gasteiger partial charge in [0.25, 0.3) is 0 Å². The van der Waals surface area contributed by atoms with Gasteiger partial charge in [0.2, 0.25) is 5.91 Å². The molecule has 98 valence electrons. The first-order chi connectivity index (χ1) is 8.50. The van der Waals surface area contributed by atoms with Crippen LogP contribution in [0.15, 0.2) is 35.2 Å². The van der Waals surface area contributed by atoms with Gasteiger partial charge >= 0.3 is 0 Å². The maximum Gasteiger partial charge on any atom is 0.232 e. The van der Waals surface area contributed by atoms with Gasteiger partial charge in [0.1, 0.15) is 0 Å². The standard InChI is InChI=1S/C13H18N2OS2/c1-10(13(14)17)8-15(2)12(16)9-18-11-6-4-3-5-7-11/h3-7,10H,8-9H2,1-2H3,(H2,14,17). The van der Waals surface area contributed by atoms with Crippen molar-refractivity contribution in [1.29, 1.82) is 0 Å². The summed E-state index contributed by atoms with van der Waals surface area (Å²) in [5, 5.41) is 0. The Morgan fingerprint density at radius 3 is 2.61 bits per heavy atom. The van der Waals surface area contributed by atoms with E-state index in [-0.39, 0.29) is 11.8 Å². The molecule has 0 bridgehead atoms. The number of amides is 1. The van der Waals surface area contributed by atoms with Crippen LogP contribution in [0.25, 0.3) is 0 Å². The van der Waals surface area contributed by atoms with E-state index in [4.69, 9.17) is 18.0 Å². The molecule has 0 heterocycles. The molecule has 1 unspecified atom stereocenters. The van der Waals surface area contributed by atoms with E-state index in [1.54, 1.807) is 11.9 Å². The van der Waals surface area contributed by atoms with Crippen LogP contribution in [0, 0.1) is 5.92 Å². The third kappa shape index (κ3) is 5.06. The van der Waals surface area contributed by atoms with Gasteiger partial charge in [0.15, 0.2) is 0 Å². The van der Waals surface area contributed by atoms with Gasteiger partial charge in [0.05, 0.1) is 10.7 Å². The number of nitrogens with zero attached hydrogens (tertiary/aromatic N) is 1. The van der Waals surface area contributed by atoms with E-state index in [2.05, 4.69) is 0 Å². The third-order valence-corrected chi connectivity index (χ3v) is 3.96. The molecule has 0 radical (unpaired) electrons. The first-order valence-electron chi connectivity index (χ1n) is 5.72. The van der Waals surface area contributed by atoms with Crippen molar-refractivity contribution in [2.24, 2.45) is 11.7 Å². The first kappa shape index (κ1) is 15.0. The van der Waals surface area contributed by atoms with Gasteiger partial charge in [-0.2, -0.15) is 0 Å². The van der Waals surface area contributed by atoms with Crippen molar-refractivity contribution < 1.29 is 4.79 Å². The molecule has 1 atom stereocenters. The lowest BCUT2D eigenvalue weighted by Crippen LogP contribution is -2.36. The fourth-order valence-electron chi connectivity index (χ4n) is 1.37. The molecule has 18 heavy (non-hydrogen) atoms. The predicted molar refractivity (Wildman–Crippen MR) is 80.8 cm³/mol. The van der Waals surface area contributed by atoms with Gasteiger partial charge in [-0.25, -0.2) is 0 Å². The van der Waals surface area contributed by atoms with Crippen LogP contribution < -0.4 is 5.73 Å². The summed E-state index contributed by atoms with van der Waals surface area (Å²) in [7, 11) is 1.78. The highest BCUT2D eigenvalue weighted by atomic mass is 32.2. The van der Waals surface area contributed by atoms with E-state index >= 15 is 0 Å². The molecule has 0 aliphatic heterocycles. The first-order valence-corrected chi connectivity index (χ1v) is 7.11. The Kier molecular flexibility index (Phi) is 6.15. The highest BCUT2D eigenvalue weighted by Crippen LogP contribution is 2.17. The van der Waals surface area contributed by atoms with Crippen molar-refractivity contribution in [2.75, 3.05) is 19.3 Å². The minimum absolute atomic E-state index is 0.0516. The van der Waals surface area contributed by atoms with Crippen LogP contribution in [0.1, 0.15) is 6.92 Å². The van der Waals surface area contributed by atoms with Gasteiger partial charge in [-0.05, 0) is 12.1 Å². The molecule has 5 heteroatoms. The molecule has 0 saturated heterocycles. The largest absolute Gasteiger partial charge is 0.393 e. The Morgan fingerprint density at radius 1 is 1.44 bits per heavy atom. The molecule has 0 aromatic heterocycles. The number of benzene rings is 1. The second-order valence-electron chi connectivity index (χ2n) is 4.18. The number of carbonyl (C=O) groups is 1. The normalized spacial score (nSPS) is 11.9. The number of hydrogen-bond donors (Lipinski definition) is 1.